The van der Waals surface area contributed by atoms with Crippen molar-refractivity contribution in [1.82, 2.24) is 4.90 Å². The van der Waals surface area contributed by atoms with Crippen LogP contribution in [0.25, 0.3) is 0 Å². The van der Waals surface area contributed by atoms with Crippen LogP contribution in [0.15, 0.2) is 18.2 Å². The summed E-state index contributed by atoms with van der Waals surface area (Å²) in [5.74, 6) is -0.502. The molecule has 1 aliphatic heterocycles. The van der Waals surface area contributed by atoms with Crippen molar-refractivity contribution >= 4 is 11.9 Å². The van der Waals surface area contributed by atoms with E-state index in [1.807, 2.05) is 39.0 Å². The lowest BCUT2D eigenvalue weighted by Gasteiger charge is -2.36. The summed E-state index contributed by atoms with van der Waals surface area (Å²) < 4.78 is 5.72. The van der Waals surface area contributed by atoms with Gasteiger partial charge in [-0.25, -0.2) is 0 Å². The van der Waals surface area contributed by atoms with Crippen molar-refractivity contribution in [3.05, 3.63) is 29.3 Å². The third-order valence-corrected chi connectivity index (χ3v) is 4.68. The van der Waals surface area contributed by atoms with E-state index in [2.05, 4.69) is 0 Å². The molecule has 5 nitrogen and oxygen atoms in total. The van der Waals surface area contributed by atoms with Crippen molar-refractivity contribution in [1.29, 1.82) is 0 Å². The molecular weight excluding hydrogens is 294 g/mol. The average Bonchev–Trinajstić information content (AvgIpc) is 2.51. The maximum Gasteiger partial charge on any atom is 0.308 e. The van der Waals surface area contributed by atoms with Crippen LogP contribution in [0.4, 0.5) is 0 Å². The Morgan fingerprint density at radius 1 is 1.30 bits per heavy atom. The van der Waals surface area contributed by atoms with E-state index in [4.69, 9.17) is 9.84 Å². The Morgan fingerprint density at radius 2 is 2.04 bits per heavy atom. The molecule has 0 spiro atoms. The second-order valence-corrected chi connectivity index (χ2v) is 6.30. The Balaban J connectivity index is 1.88. The van der Waals surface area contributed by atoms with Crippen molar-refractivity contribution in [2.24, 2.45) is 5.92 Å². The molecule has 1 fully saturated rings. The van der Waals surface area contributed by atoms with Crippen molar-refractivity contribution in [2.75, 3.05) is 13.2 Å². The molecule has 2 unspecified atom stereocenters. The smallest absolute Gasteiger partial charge is 0.308 e. The monoisotopic (exact) mass is 319 g/mol. The van der Waals surface area contributed by atoms with E-state index in [-0.39, 0.29) is 18.4 Å². The quantitative estimate of drug-likeness (QED) is 0.906. The van der Waals surface area contributed by atoms with Crippen LogP contribution in [0.3, 0.4) is 0 Å². The molecule has 0 aliphatic carbocycles. The van der Waals surface area contributed by atoms with Crippen LogP contribution in [0, 0.1) is 19.8 Å². The summed E-state index contributed by atoms with van der Waals surface area (Å²) in [6, 6.07) is 5.95. The number of benzene rings is 1. The number of hydrogen-bond donors (Lipinski definition) is 1. The van der Waals surface area contributed by atoms with Gasteiger partial charge in [0.25, 0.3) is 0 Å². The molecular formula is C18H25NO4. The van der Waals surface area contributed by atoms with E-state index < -0.39 is 11.9 Å². The number of carboxylic acids is 1. The van der Waals surface area contributed by atoms with Crippen molar-refractivity contribution in [3.63, 3.8) is 0 Å². The summed E-state index contributed by atoms with van der Waals surface area (Å²) in [6.45, 7) is 6.61. The molecule has 2 rings (SSSR count). The fourth-order valence-electron chi connectivity index (χ4n) is 2.93. The summed E-state index contributed by atoms with van der Waals surface area (Å²) >= 11 is 0. The molecule has 1 aliphatic rings. The lowest BCUT2D eigenvalue weighted by molar-refractivity contribution is -0.147. The highest BCUT2D eigenvalue weighted by atomic mass is 16.5. The molecule has 1 N–H and O–H groups in total. The van der Waals surface area contributed by atoms with Crippen molar-refractivity contribution in [2.45, 2.75) is 46.1 Å². The zero-order valence-corrected chi connectivity index (χ0v) is 14.0. The first-order valence-electron chi connectivity index (χ1n) is 8.11. The fourth-order valence-corrected chi connectivity index (χ4v) is 2.93. The van der Waals surface area contributed by atoms with E-state index >= 15 is 0 Å². The molecule has 2 atom stereocenters. The Kier molecular flexibility index (Phi) is 5.64. The highest BCUT2D eigenvalue weighted by Crippen LogP contribution is 2.24. The molecule has 1 saturated heterocycles. The second kappa shape index (κ2) is 7.49. The summed E-state index contributed by atoms with van der Waals surface area (Å²) in [7, 11) is 0. The van der Waals surface area contributed by atoms with Gasteiger partial charge in [0.15, 0.2) is 0 Å². The number of likely N-dealkylation sites (tertiary alicyclic amines) is 1. The minimum Gasteiger partial charge on any atom is -0.493 e. The SMILES string of the molecule is Cc1cccc(OCCC(=O)N2CC(C(=O)O)CCC2C)c1C. The van der Waals surface area contributed by atoms with Gasteiger partial charge in [0, 0.05) is 12.6 Å². The minimum absolute atomic E-state index is 0.0336. The zero-order chi connectivity index (χ0) is 17.0. The molecule has 126 valence electrons. The number of hydrogen-bond acceptors (Lipinski definition) is 3. The van der Waals surface area contributed by atoms with Crippen LogP contribution in [0.1, 0.15) is 37.3 Å². The van der Waals surface area contributed by atoms with Crippen LogP contribution in [-0.2, 0) is 9.59 Å². The first-order chi connectivity index (χ1) is 10.9. The van der Waals surface area contributed by atoms with Gasteiger partial charge < -0.3 is 14.7 Å². The molecule has 0 bridgehead atoms. The largest absolute Gasteiger partial charge is 0.493 e. The predicted molar refractivity (Wildman–Crippen MR) is 87.6 cm³/mol. The van der Waals surface area contributed by atoms with Gasteiger partial charge in [-0.1, -0.05) is 12.1 Å². The Bertz CT molecular complexity index is 584. The number of carboxylic acid groups (broad SMARTS) is 1. The number of piperidine rings is 1. The summed E-state index contributed by atoms with van der Waals surface area (Å²) in [5, 5.41) is 9.14. The maximum atomic E-state index is 12.4. The van der Waals surface area contributed by atoms with Crippen LogP contribution >= 0.6 is 0 Å². The van der Waals surface area contributed by atoms with Gasteiger partial charge in [0.05, 0.1) is 18.9 Å². The molecule has 0 saturated carbocycles. The zero-order valence-electron chi connectivity index (χ0n) is 14.0. The molecule has 23 heavy (non-hydrogen) atoms. The molecule has 1 amide bonds. The van der Waals surface area contributed by atoms with Gasteiger partial charge in [-0.15, -0.1) is 0 Å². The summed E-state index contributed by atoms with van der Waals surface area (Å²) in [6.07, 6.45) is 1.64. The third-order valence-electron chi connectivity index (χ3n) is 4.68. The molecule has 1 heterocycles. The van der Waals surface area contributed by atoms with Gasteiger partial charge in [-0.05, 0) is 50.8 Å². The van der Waals surface area contributed by atoms with E-state index in [0.717, 1.165) is 23.3 Å². The number of ether oxygens (including phenoxy) is 1. The number of carbonyl (C=O) groups is 2. The summed E-state index contributed by atoms with van der Waals surface area (Å²) in [5.41, 5.74) is 2.24. The van der Waals surface area contributed by atoms with Gasteiger partial charge in [-0.2, -0.15) is 0 Å². The topological polar surface area (TPSA) is 66.8 Å². The van der Waals surface area contributed by atoms with Crippen molar-refractivity contribution < 1.29 is 19.4 Å². The number of aliphatic carboxylic acids is 1. The Morgan fingerprint density at radius 3 is 2.74 bits per heavy atom. The number of aryl methyl sites for hydroxylation is 1. The van der Waals surface area contributed by atoms with Crippen LogP contribution in [-0.4, -0.2) is 41.1 Å². The van der Waals surface area contributed by atoms with Gasteiger partial charge in [0.1, 0.15) is 5.75 Å². The van der Waals surface area contributed by atoms with Gasteiger partial charge in [-0.3, -0.25) is 9.59 Å². The first kappa shape index (κ1) is 17.3. The van der Waals surface area contributed by atoms with Crippen molar-refractivity contribution in [3.8, 4) is 5.75 Å². The minimum atomic E-state index is -0.818. The first-order valence-corrected chi connectivity index (χ1v) is 8.11. The third kappa shape index (κ3) is 4.24. The van der Waals surface area contributed by atoms with Crippen LogP contribution in [0.2, 0.25) is 0 Å². The van der Waals surface area contributed by atoms with E-state index in [0.29, 0.717) is 19.6 Å². The number of amides is 1. The highest BCUT2D eigenvalue weighted by Gasteiger charge is 2.32. The second-order valence-electron chi connectivity index (χ2n) is 6.30. The number of nitrogens with zero attached hydrogens (tertiary/aromatic N) is 1. The van der Waals surface area contributed by atoms with Gasteiger partial charge >= 0.3 is 5.97 Å². The normalized spacial score (nSPS) is 21.1. The standard InChI is InChI=1S/C18H25NO4/c1-12-5-4-6-16(14(12)3)23-10-9-17(20)19-11-15(18(21)22)8-7-13(19)2/h4-6,13,15H,7-11H2,1-3H3,(H,21,22). The molecule has 5 heteroatoms. The van der Waals surface area contributed by atoms with E-state index in [1.54, 1.807) is 4.90 Å². The maximum absolute atomic E-state index is 12.4. The number of carbonyl (C=O) groups excluding carboxylic acids is 1. The Labute approximate surface area is 137 Å². The lowest BCUT2D eigenvalue weighted by Crippen LogP contribution is -2.47. The van der Waals surface area contributed by atoms with E-state index in [9.17, 15) is 9.59 Å². The summed E-state index contributed by atoms with van der Waals surface area (Å²) in [4.78, 5) is 25.2. The fraction of sp³-hybridized carbons (Fsp3) is 0.556. The van der Waals surface area contributed by atoms with Crippen LogP contribution < -0.4 is 4.74 Å². The molecule has 0 aromatic heterocycles. The van der Waals surface area contributed by atoms with Crippen LogP contribution in [0.5, 0.6) is 5.75 Å². The lowest BCUT2D eigenvalue weighted by atomic mass is 9.93. The average molecular weight is 319 g/mol. The molecule has 1 aromatic rings. The number of rotatable bonds is 5. The Hall–Kier alpha value is -2.04. The highest BCUT2D eigenvalue weighted by molar-refractivity contribution is 5.78. The molecule has 0 radical (unpaired) electrons. The molecule has 1 aromatic carbocycles. The van der Waals surface area contributed by atoms with E-state index in [1.165, 1.54) is 0 Å². The van der Waals surface area contributed by atoms with Gasteiger partial charge in [0.2, 0.25) is 5.91 Å². The predicted octanol–water partition coefficient (Wildman–Crippen LogP) is 2.78.